The third-order valence-electron chi connectivity index (χ3n) is 8.42. The van der Waals surface area contributed by atoms with Crippen LogP contribution in [0.2, 0.25) is 5.02 Å². The van der Waals surface area contributed by atoms with Gasteiger partial charge >= 0.3 is 6.01 Å². The summed E-state index contributed by atoms with van der Waals surface area (Å²) in [5, 5.41) is 0.0997. The molecule has 2 aliphatic heterocycles. The SMILES string of the molecule is [C-]#[N+]C[C@H]1CN(c2nc(OC3CCCCC3N(C)C)nc3c2CCN(c2cccc(F)c2Cl)C3)CCN1C(=O)C=C. The Balaban J connectivity index is 1.50. The first-order valence-corrected chi connectivity index (χ1v) is 14.6. The Morgan fingerprint density at radius 1 is 1.24 bits per heavy atom. The van der Waals surface area contributed by atoms with E-state index in [1.54, 1.807) is 11.0 Å². The Labute approximate surface area is 246 Å². The van der Waals surface area contributed by atoms with Gasteiger partial charge in [0.1, 0.15) is 23.8 Å². The minimum Gasteiger partial charge on any atom is -0.458 e. The number of rotatable bonds is 7. The van der Waals surface area contributed by atoms with Crippen LogP contribution in [0.1, 0.15) is 36.9 Å². The smallest absolute Gasteiger partial charge is 0.319 e. The van der Waals surface area contributed by atoms with E-state index in [1.807, 2.05) is 11.0 Å². The molecule has 11 heteroatoms. The predicted octanol–water partition coefficient (Wildman–Crippen LogP) is 4.21. The van der Waals surface area contributed by atoms with E-state index in [1.165, 1.54) is 18.6 Å². The van der Waals surface area contributed by atoms with E-state index in [0.717, 1.165) is 36.3 Å². The molecule has 2 aromatic rings. The maximum Gasteiger partial charge on any atom is 0.319 e. The lowest BCUT2D eigenvalue weighted by atomic mass is 9.92. The average Bonchev–Trinajstić information content (AvgIpc) is 2.97. The Kier molecular flexibility index (Phi) is 8.95. The summed E-state index contributed by atoms with van der Waals surface area (Å²) in [5.41, 5.74) is 2.47. The number of anilines is 2. The normalized spacial score (nSPS) is 22.7. The Morgan fingerprint density at radius 2 is 2.05 bits per heavy atom. The second-order valence-electron chi connectivity index (χ2n) is 11.1. The van der Waals surface area contributed by atoms with E-state index in [9.17, 15) is 9.18 Å². The molecule has 3 aliphatic rings. The molecule has 1 aromatic heterocycles. The first kappa shape index (κ1) is 29.1. The van der Waals surface area contributed by atoms with Gasteiger partial charge in [0.05, 0.1) is 22.9 Å². The molecule has 218 valence electrons. The number of carbonyl (C=O) groups is 1. The standard InChI is InChI=1S/C30H37ClFN7O2/c1-5-27(40)39-16-15-38(18-20(39)17-33-2)29-21-13-14-37(25-11-8-9-22(32)28(25)31)19-23(21)34-30(35-29)41-26-12-7-6-10-24(26)36(3)4/h5,8-9,11,20,24,26H,1,6-7,10,12-19H2,3-4H3/t20-,24?,26?/m0/s1. The maximum absolute atomic E-state index is 14.3. The fourth-order valence-corrected chi connectivity index (χ4v) is 6.55. The molecule has 0 radical (unpaired) electrons. The molecule has 1 saturated carbocycles. The van der Waals surface area contributed by atoms with Crippen LogP contribution in [0.3, 0.4) is 0 Å². The van der Waals surface area contributed by atoms with Crippen molar-refractivity contribution in [2.24, 2.45) is 0 Å². The zero-order chi connectivity index (χ0) is 29.1. The number of aromatic nitrogens is 2. The highest BCUT2D eigenvalue weighted by atomic mass is 35.5. The van der Waals surface area contributed by atoms with Gasteiger partial charge in [0, 0.05) is 37.8 Å². The number of piperazine rings is 1. The number of benzene rings is 1. The first-order valence-electron chi connectivity index (χ1n) is 14.2. The van der Waals surface area contributed by atoms with Crippen LogP contribution >= 0.6 is 11.6 Å². The quantitative estimate of drug-likeness (QED) is 0.358. The summed E-state index contributed by atoms with van der Waals surface area (Å²) in [6.07, 6.45) is 6.16. The molecular weight excluding hydrogens is 545 g/mol. The van der Waals surface area contributed by atoms with Gasteiger partial charge in [-0.25, -0.2) is 11.0 Å². The van der Waals surface area contributed by atoms with Crippen LogP contribution in [0.5, 0.6) is 6.01 Å². The zero-order valence-corrected chi connectivity index (χ0v) is 24.5. The van der Waals surface area contributed by atoms with E-state index in [0.29, 0.717) is 50.8 Å². The Hall–Kier alpha value is -3.42. The van der Waals surface area contributed by atoms with Gasteiger partial charge in [0.25, 0.3) is 0 Å². The molecule has 41 heavy (non-hydrogen) atoms. The van der Waals surface area contributed by atoms with Gasteiger partial charge in [-0.3, -0.25) is 4.79 Å². The van der Waals surface area contributed by atoms with Gasteiger partial charge in [-0.15, -0.1) is 0 Å². The summed E-state index contributed by atoms with van der Waals surface area (Å²) in [7, 11) is 4.15. The van der Waals surface area contributed by atoms with E-state index in [2.05, 4.69) is 35.3 Å². The molecule has 0 bridgehead atoms. The Morgan fingerprint density at radius 3 is 2.80 bits per heavy atom. The van der Waals surface area contributed by atoms with E-state index in [4.69, 9.17) is 32.9 Å². The summed E-state index contributed by atoms with van der Waals surface area (Å²) in [4.78, 5) is 34.1. The van der Waals surface area contributed by atoms with Crippen molar-refractivity contribution in [1.82, 2.24) is 19.8 Å². The lowest BCUT2D eigenvalue weighted by Crippen LogP contribution is -2.56. The number of carbonyl (C=O) groups excluding carboxylic acids is 1. The van der Waals surface area contributed by atoms with Crippen molar-refractivity contribution < 1.29 is 13.9 Å². The summed E-state index contributed by atoms with van der Waals surface area (Å²) < 4.78 is 20.8. The molecule has 5 rings (SSSR count). The summed E-state index contributed by atoms with van der Waals surface area (Å²) >= 11 is 6.36. The van der Waals surface area contributed by atoms with Gasteiger partial charge in [0.2, 0.25) is 12.5 Å². The number of nitrogens with zero attached hydrogens (tertiary/aromatic N) is 7. The fourth-order valence-electron chi connectivity index (χ4n) is 6.30. The second kappa shape index (κ2) is 12.6. The van der Waals surface area contributed by atoms with Crippen LogP contribution in [0.4, 0.5) is 15.9 Å². The molecule has 1 amide bonds. The highest BCUT2D eigenvalue weighted by Gasteiger charge is 2.36. The molecule has 3 heterocycles. The number of ether oxygens (including phenoxy) is 1. The summed E-state index contributed by atoms with van der Waals surface area (Å²) in [6, 6.07) is 5.17. The van der Waals surface area contributed by atoms with Crippen LogP contribution in [0, 0.1) is 12.4 Å². The number of hydrogen-bond acceptors (Lipinski definition) is 7. The van der Waals surface area contributed by atoms with E-state index < -0.39 is 5.82 Å². The van der Waals surface area contributed by atoms with Crippen molar-refractivity contribution in [3.8, 4) is 6.01 Å². The van der Waals surface area contributed by atoms with Crippen LogP contribution in [0.15, 0.2) is 30.9 Å². The zero-order valence-electron chi connectivity index (χ0n) is 23.7. The number of fused-ring (bicyclic) bond motifs is 1. The van der Waals surface area contributed by atoms with Gasteiger partial charge in [-0.2, -0.15) is 9.97 Å². The van der Waals surface area contributed by atoms with Crippen molar-refractivity contribution in [2.75, 3.05) is 56.6 Å². The monoisotopic (exact) mass is 581 g/mol. The summed E-state index contributed by atoms with van der Waals surface area (Å²) in [6.45, 7) is 13.9. The highest BCUT2D eigenvalue weighted by molar-refractivity contribution is 6.33. The van der Waals surface area contributed by atoms with Crippen molar-refractivity contribution >= 4 is 29.0 Å². The molecule has 0 N–H and O–H groups in total. The highest BCUT2D eigenvalue weighted by Crippen LogP contribution is 2.36. The van der Waals surface area contributed by atoms with Gasteiger partial charge in [-0.1, -0.05) is 30.7 Å². The van der Waals surface area contributed by atoms with E-state index >= 15 is 0 Å². The molecular formula is C30H37ClFN7O2. The molecule has 1 aromatic carbocycles. The molecule has 1 aliphatic carbocycles. The van der Waals surface area contributed by atoms with Gasteiger partial charge in [0.15, 0.2) is 0 Å². The minimum absolute atomic E-state index is 0.0288. The van der Waals surface area contributed by atoms with Crippen molar-refractivity contribution in [2.45, 2.75) is 56.8 Å². The molecule has 2 unspecified atom stereocenters. The summed E-state index contributed by atoms with van der Waals surface area (Å²) in [5.74, 6) is 0.168. The lowest BCUT2D eigenvalue weighted by Gasteiger charge is -2.41. The van der Waals surface area contributed by atoms with Gasteiger partial charge < -0.3 is 29.2 Å². The molecule has 3 atom stereocenters. The number of hydrogen-bond donors (Lipinski definition) is 0. The molecule has 9 nitrogen and oxygen atoms in total. The first-order chi connectivity index (χ1) is 19.8. The van der Waals surface area contributed by atoms with Crippen LogP contribution in [-0.2, 0) is 17.8 Å². The third-order valence-corrected chi connectivity index (χ3v) is 8.80. The molecule has 2 fully saturated rings. The van der Waals surface area contributed by atoms with E-state index in [-0.39, 0.29) is 35.7 Å². The largest absolute Gasteiger partial charge is 0.458 e. The molecule has 0 spiro atoms. The van der Waals surface area contributed by atoms with Crippen molar-refractivity contribution in [3.05, 3.63) is 64.4 Å². The Bertz CT molecular complexity index is 1330. The lowest BCUT2D eigenvalue weighted by molar-refractivity contribution is -0.128. The third kappa shape index (κ3) is 6.11. The molecule has 1 saturated heterocycles. The maximum atomic E-state index is 14.3. The number of likely N-dealkylation sites (N-methyl/N-ethyl adjacent to an activating group) is 1. The minimum atomic E-state index is -0.452. The second-order valence-corrected chi connectivity index (χ2v) is 11.5. The van der Waals surface area contributed by atoms with Gasteiger partial charge in [-0.05, 0) is 58.0 Å². The average molecular weight is 582 g/mol. The van der Waals surface area contributed by atoms with Crippen LogP contribution in [0.25, 0.3) is 4.85 Å². The van der Waals surface area contributed by atoms with Crippen molar-refractivity contribution in [1.29, 1.82) is 0 Å². The number of amides is 1. The fraction of sp³-hybridized carbons (Fsp3) is 0.533. The van der Waals surface area contributed by atoms with Crippen LogP contribution < -0.4 is 14.5 Å². The number of halogens is 2. The van der Waals surface area contributed by atoms with Crippen LogP contribution in [-0.4, -0.2) is 90.7 Å². The predicted molar refractivity (Wildman–Crippen MR) is 158 cm³/mol. The topological polar surface area (TPSA) is 69.4 Å². The van der Waals surface area contributed by atoms with Crippen molar-refractivity contribution in [3.63, 3.8) is 0 Å².